The quantitative estimate of drug-likeness (QED) is 0.613. The lowest BCUT2D eigenvalue weighted by atomic mass is 9.89. The molecule has 2 aromatic rings. The Morgan fingerprint density at radius 3 is 2.38 bits per heavy atom. The summed E-state index contributed by atoms with van der Waals surface area (Å²) in [5.74, 6) is 0.0632. The lowest BCUT2D eigenvalue weighted by molar-refractivity contribution is -0.276. The van der Waals surface area contributed by atoms with Crippen molar-refractivity contribution >= 4 is 11.6 Å². The Bertz CT molecular complexity index is 924. The van der Waals surface area contributed by atoms with E-state index in [1.807, 2.05) is 36.4 Å². The van der Waals surface area contributed by atoms with Crippen LogP contribution in [-0.4, -0.2) is 41.7 Å². The average molecular weight is 467 g/mol. The van der Waals surface area contributed by atoms with E-state index in [9.17, 15) is 9.90 Å². The van der Waals surface area contributed by atoms with Crippen LogP contribution < -0.4 is 5.32 Å². The number of amides is 1. The number of aliphatic hydroxyl groups is 1. The first-order valence-electron chi connectivity index (χ1n) is 12.6. The van der Waals surface area contributed by atoms with Crippen molar-refractivity contribution in [3.05, 3.63) is 65.2 Å². The third-order valence-electron chi connectivity index (χ3n) is 6.99. The summed E-state index contributed by atoms with van der Waals surface area (Å²) in [7, 11) is 0. The second-order valence-corrected chi connectivity index (χ2v) is 9.70. The van der Waals surface area contributed by atoms with Gasteiger partial charge in [0.05, 0.1) is 18.8 Å². The van der Waals surface area contributed by atoms with Gasteiger partial charge in [-0.1, -0.05) is 62.6 Å². The van der Waals surface area contributed by atoms with Crippen molar-refractivity contribution in [3.63, 3.8) is 0 Å². The predicted molar refractivity (Wildman–Crippen MR) is 133 cm³/mol. The summed E-state index contributed by atoms with van der Waals surface area (Å²) in [6, 6.07) is 15.7. The lowest BCUT2D eigenvalue weighted by Gasteiger charge is -2.43. The molecule has 0 radical (unpaired) electrons. The standard InChI is InChI=1S/C28H38N2O4/c1-20-26(18-30-15-6-4-3-5-7-16-30)33-28(24-9-8-10-25(17-24)29-21(2)32)34-27(20)23-13-11-22(19-31)12-14-23/h8-14,17,20,26-28,31H,3-7,15-16,18-19H2,1-2H3,(H,29,32)/t20-,26+,27+,28+/m1/s1. The van der Waals surface area contributed by atoms with Crippen LogP contribution in [0.1, 0.15) is 75.0 Å². The number of hydrogen-bond donors (Lipinski definition) is 2. The first kappa shape index (κ1) is 24.9. The summed E-state index contributed by atoms with van der Waals surface area (Å²) < 4.78 is 13.2. The molecule has 34 heavy (non-hydrogen) atoms. The molecule has 2 N–H and O–H groups in total. The number of carbonyl (C=O) groups excluding carboxylic acids is 1. The number of aliphatic hydroxyl groups excluding tert-OH is 1. The van der Waals surface area contributed by atoms with Crippen LogP contribution in [0.3, 0.4) is 0 Å². The fourth-order valence-corrected chi connectivity index (χ4v) is 5.04. The monoisotopic (exact) mass is 466 g/mol. The molecule has 4 rings (SSSR count). The van der Waals surface area contributed by atoms with E-state index in [0.717, 1.165) is 42.0 Å². The first-order chi connectivity index (χ1) is 16.5. The van der Waals surface area contributed by atoms with Crippen molar-refractivity contribution in [1.82, 2.24) is 4.90 Å². The van der Waals surface area contributed by atoms with Gasteiger partial charge in [0.2, 0.25) is 5.91 Å². The zero-order chi connectivity index (χ0) is 23.9. The van der Waals surface area contributed by atoms with E-state index in [1.54, 1.807) is 0 Å². The van der Waals surface area contributed by atoms with Gasteiger partial charge >= 0.3 is 0 Å². The van der Waals surface area contributed by atoms with Crippen molar-refractivity contribution in [1.29, 1.82) is 0 Å². The second-order valence-electron chi connectivity index (χ2n) is 9.70. The molecule has 4 atom stereocenters. The minimum Gasteiger partial charge on any atom is -0.392 e. The molecular formula is C28H38N2O4. The molecular weight excluding hydrogens is 428 g/mol. The van der Waals surface area contributed by atoms with Gasteiger partial charge in [-0.2, -0.15) is 0 Å². The van der Waals surface area contributed by atoms with Gasteiger partial charge in [0, 0.05) is 30.6 Å². The van der Waals surface area contributed by atoms with Gasteiger partial charge in [-0.3, -0.25) is 4.79 Å². The largest absolute Gasteiger partial charge is 0.392 e. The predicted octanol–water partition coefficient (Wildman–Crippen LogP) is 5.19. The number of nitrogens with one attached hydrogen (secondary N) is 1. The Kier molecular flexibility index (Phi) is 8.73. The Labute approximate surface area is 203 Å². The van der Waals surface area contributed by atoms with Gasteiger partial charge in [0.15, 0.2) is 6.29 Å². The fourth-order valence-electron chi connectivity index (χ4n) is 5.04. The number of benzene rings is 2. The van der Waals surface area contributed by atoms with Crippen LogP contribution in [0.15, 0.2) is 48.5 Å². The van der Waals surface area contributed by atoms with Crippen LogP contribution >= 0.6 is 0 Å². The van der Waals surface area contributed by atoms with Crippen LogP contribution in [0, 0.1) is 5.92 Å². The van der Waals surface area contributed by atoms with Crippen LogP contribution in [0.25, 0.3) is 0 Å². The number of ether oxygens (including phenoxy) is 2. The van der Waals surface area contributed by atoms with Gasteiger partial charge in [0.1, 0.15) is 0 Å². The third kappa shape index (κ3) is 6.45. The zero-order valence-electron chi connectivity index (χ0n) is 20.4. The number of nitrogens with zero attached hydrogens (tertiary/aromatic N) is 1. The minimum absolute atomic E-state index is 0.0186. The van der Waals surface area contributed by atoms with E-state index in [0.29, 0.717) is 0 Å². The average Bonchev–Trinajstić information content (AvgIpc) is 2.81. The highest BCUT2D eigenvalue weighted by Gasteiger charge is 2.39. The molecule has 2 saturated heterocycles. The summed E-state index contributed by atoms with van der Waals surface area (Å²) in [4.78, 5) is 14.1. The van der Waals surface area contributed by atoms with E-state index in [1.165, 1.54) is 39.0 Å². The molecule has 0 aromatic heterocycles. The van der Waals surface area contributed by atoms with Crippen LogP contribution in [-0.2, 0) is 20.9 Å². The van der Waals surface area contributed by atoms with Crippen LogP contribution in [0.4, 0.5) is 5.69 Å². The molecule has 2 aliphatic heterocycles. The molecule has 2 aromatic carbocycles. The number of carbonyl (C=O) groups is 1. The maximum absolute atomic E-state index is 11.6. The van der Waals surface area contributed by atoms with Crippen molar-refractivity contribution in [2.75, 3.05) is 25.0 Å². The highest BCUT2D eigenvalue weighted by atomic mass is 16.7. The molecule has 6 heteroatoms. The summed E-state index contributed by atoms with van der Waals surface area (Å²) >= 11 is 0. The molecule has 6 nitrogen and oxygen atoms in total. The highest BCUT2D eigenvalue weighted by molar-refractivity contribution is 5.88. The zero-order valence-corrected chi connectivity index (χ0v) is 20.4. The molecule has 0 spiro atoms. The molecule has 184 valence electrons. The van der Waals surface area contributed by atoms with Gasteiger partial charge in [-0.25, -0.2) is 0 Å². The maximum atomic E-state index is 11.6. The highest BCUT2D eigenvalue weighted by Crippen LogP contribution is 2.42. The van der Waals surface area contributed by atoms with Crippen molar-refractivity contribution in [3.8, 4) is 0 Å². The van der Waals surface area contributed by atoms with E-state index in [4.69, 9.17) is 9.47 Å². The van der Waals surface area contributed by atoms with Gasteiger partial charge in [-0.05, 0) is 49.2 Å². The third-order valence-corrected chi connectivity index (χ3v) is 6.99. The molecule has 0 aliphatic carbocycles. The second kappa shape index (κ2) is 11.9. The Hall–Kier alpha value is -2.25. The Morgan fingerprint density at radius 1 is 1.00 bits per heavy atom. The topological polar surface area (TPSA) is 71.0 Å². The minimum atomic E-state index is -0.521. The van der Waals surface area contributed by atoms with Gasteiger partial charge < -0.3 is 24.8 Å². The number of anilines is 1. The SMILES string of the molecule is CC(=O)Nc1cccc([C@H]2O[C@@H](CN3CCCCCCC3)[C@@H](C)[C@@H](c3ccc(CO)cc3)O2)c1. The summed E-state index contributed by atoms with van der Waals surface area (Å²) in [6.45, 7) is 6.87. The van der Waals surface area contributed by atoms with Gasteiger partial charge in [0.25, 0.3) is 0 Å². The molecule has 0 unspecified atom stereocenters. The molecule has 0 bridgehead atoms. The Balaban J connectivity index is 1.59. The first-order valence-corrected chi connectivity index (χ1v) is 12.6. The maximum Gasteiger partial charge on any atom is 0.221 e. The summed E-state index contributed by atoms with van der Waals surface area (Å²) in [5, 5.41) is 12.3. The molecule has 1 amide bonds. The van der Waals surface area contributed by atoms with Crippen molar-refractivity contribution in [2.24, 2.45) is 5.92 Å². The summed E-state index contributed by atoms with van der Waals surface area (Å²) in [6.07, 6.45) is 5.81. The molecule has 2 aliphatic rings. The smallest absolute Gasteiger partial charge is 0.221 e. The van der Waals surface area contributed by atoms with E-state index in [2.05, 4.69) is 29.3 Å². The fraction of sp³-hybridized carbons (Fsp3) is 0.536. The van der Waals surface area contributed by atoms with Gasteiger partial charge in [-0.15, -0.1) is 0 Å². The number of likely N-dealkylation sites (tertiary alicyclic amines) is 1. The van der Waals surface area contributed by atoms with Crippen LogP contribution in [0.5, 0.6) is 0 Å². The number of rotatable bonds is 6. The molecule has 2 heterocycles. The van der Waals surface area contributed by atoms with Crippen molar-refractivity contribution < 1.29 is 19.4 Å². The van der Waals surface area contributed by atoms with E-state index in [-0.39, 0.29) is 30.6 Å². The van der Waals surface area contributed by atoms with E-state index < -0.39 is 6.29 Å². The lowest BCUT2D eigenvalue weighted by Crippen LogP contribution is -2.45. The normalized spacial score (nSPS) is 26.4. The van der Waals surface area contributed by atoms with Crippen LogP contribution in [0.2, 0.25) is 0 Å². The van der Waals surface area contributed by atoms with E-state index >= 15 is 0 Å². The molecule has 2 fully saturated rings. The van der Waals surface area contributed by atoms with Crippen molar-refractivity contribution in [2.45, 2.75) is 71.1 Å². The summed E-state index contributed by atoms with van der Waals surface area (Å²) in [5.41, 5.74) is 3.61. The number of hydrogen-bond acceptors (Lipinski definition) is 5. The molecule has 0 saturated carbocycles. The Morgan fingerprint density at radius 2 is 1.71 bits per heavy atom.